The second-order valence-electron chi connectivity index (χ2n) is 4.65. The highest BCUT2D eigenvalue weighted by Gasteiger charge is 2.20. The van der Waals surface area contributed by atoms with Crippen molar-refractivity contribution in [3.8, 4) is 11.5 Å². The van der Waals surface area contributed by atoms with Crippen molar-refractivity contribution in [2.24, 2.45) is 0 Å². The first-order valence-corrected chi connectivity index (χ1v) is 6.85. The van der Waals surface area contributed by atoms with E-state index in [9.17, 15) is 4.79 Å². The minimum absolute atomic E-state index is 0.523. The fourth-order valence-electron chi connectivity index (χ4n) is 1.84. The van der Waals surface area contributed by atoms with Crippen LogP contribution in [-0.2, 0) is 4.79 Å². The van der Waals surface area contributed by atoms with E-state index in [2.05, 4.69) is 0 Å². The average Bonchev–Trinajstić information content (AvgIpc) is 2.48. The third-order valence-corrected chi connectivity index (χ3v) is 3.45. The molecule has 2 aromatic carbocycles. The number of para-hydroxylation sites is 1. The Labute approximate surface area is 128 Å². The van der Waals surface area contributed by atoms with Crippen LogP contribution in [0.2, 0.25) is 5.02 Å². The Morgan fingerprint density at radius 1 is 1.24 bits per heavy atom. The van der Waals surface area contributed by atoms with Gasteiger partial charge < -0.3 is 14.7 Å². The van der Waals surface area contributed by atoms with Gasteiger partial charge in [0.25, 0.3) is 0 Å². The van der Waals surface area contributed by atoms with E-state index in [0.717, 1.165) is 0 Å². The number of nitrogens with zero attached hydrogens (tertiary/aromatic N) is 1. The van der Waals surface area contributed by atoms with Crippen molar-refractivity contribution >= 4 is 23.3 Å². The molecule has 0 bridgehead atoms. The summed E-state index contributed by atoms with van der Waals surface area (Å²) in [6.07, 6.45) is 0. The van der Waals surface area contributed by atoms with Gasteiger partial charge in [-0.05, 0) is 37.3 Å². The first kappa shape index (κ1) is 15.2. The molecule has 2 aromatic rings. The fourth-order valence-corrected chi connectivity index (χ4v) is 2.01. The summed E-state index contributed by atoms with van der Waals surface area (Å²) in [6, 6.07) is 13.7. The van der Waals surface area contributed by atoms with Gasteiger partial charge in [0.05, 0.1) is 5.69 Å². The maximum absolute atomic E-state index is 11.2. The molecule has 0 saturated carbocycles. The van der Waals surface area contributed by atoms with Crippen LogP contribution in [0.1, 0.15) is 6.92 Å². The zero-order valence-corrected chi connectivity index (χ0v) is 12.5. The molecule has 0 heterocycles. The Kier molecular flexibility index (Phi) is 4.70. The lowest BCUT2D eigenvalue weighted by Crippen LogP contribution is -2.35. The molecule has 1 atom stereocenters. The molecule has 0 aromatic heterocycles. The van der Waals surface area contributed by atoms with E-state index in [1.54, 1.807) is 37.1 Å². The van der Waals surface area contributed by atoms with Gasteiger partial charge >= 0.3 is 5.97 Å². The first-order valence-electron chi connectivity index (χ1n) is 6.47. The Balaban J connectivity index is 2.36. The summed E-state index contributed by atoms with van der Waals surface area (Å²) in [4.78, 5) is 12.8. The van der Waals surface area contributed by atoms with Crippen molar-refractivity contribution in [1.29, 1.82) is 0 Å². The van der Waals surface area contributed by atoms with Crippen LogP contribution >= 0.6 is 11.6 Å². The zero-order valence-electron chi connectivity index (χ0n) is 11.8. The van der Waals surface area contributed by atoms with Gasteiger partial charge in [-0.2, -0.15) is 0 Å². The number of benzene rings is 2. The molecule has 5 heteroatoms. The summed E-state index contributed by atoms with van der Waals surface area (Å²) in [7, 11) is 1.70. The number of carbonyl (C=O) groups is 1. The lowest BCUT2D eigenvalue weighted by Gasteiger charge is -2.26. The molecule has 0 fully saturated rings. The molecule has 2 rings (SSSR count). The number of hydrogen-bond acceptors (Lipinski definition) is 3. The van der Waals surface area contributed by atoms with E-state index in [1.807, 2.05) is 30.3 Å². The Morgan fingerprint density at radius 3 is 2.52 bits per heavy atom. The number of carboxylic acid groups (broad SMARTS) is 1. The number of ether oxygens (including phenoxy) is 1. The summed E-state index contributed by atoms with van der Waals surface area (Å²) in [5.41, 5.74) is 0.626. The third-order valence-electron chi connectivity index (χ3n) is 3.21. The zero-order chi connectivity index (χ0) is 15.4. The van der Waals surface area contributed by atoms with Crippen LogP contribution in [0.3, 0.4) is 0 Å². The number of halogens is 1. The maximum Gasteiger partial charge on any atom is 0.326 e. The Bertz CT molecular complexity index is 631. The van der Waals surface area contributed by atoms with Crippen LogP contribution < -0.4 is 9.64 Å². The number of likely N-dealkylation sites (N-methyl/N-ethyl adjacent to an activating group) is 1. The highest BCUT2D eigenvalue weighted by atomic mass is 35.5. The second-order valence-corrected chi connectivity index (χ2v) is 5.09. The van der Waals surface area contributed by atoms with Crippen molar-refractivity contribution in [3.63, 3.8) is 0 Å². The van der Waals surface area contributed by atoms with Crippen LogP contribution in [0, 0.1) is 0 Å². The van der Waals surface area contributed by atoms with E-state index in [1.165, 1.54) is 0 Å². The minimum Gasteiger partial charge on any atom is -0.480 e. The van der Waals surface area contributed by atoms with Crippen molar-refractivity contribution in [2.75, 3.05) is 11.9 Å². The topological polar surface area (TPSA) is 49.8 Å². The van der Waals surface area contributed by atoms with Crippen molar-refractivity contribution in [1.82, 2.24) is 0 Å². The maximum atomic E-state index is 11.2. The summed E-state index contributed by atoms with van der Waals surface area (Å²) >= 11 is 6.02. The number of carboxylic acids is 1. The van der Waals surface area contributed by atoms with E-state index in [-0.39, 0.29) is 0 Å². The molecular formula is C16H16ClNO3. The number of rotatable bonds is 5. The lowest BCUT2D eigenvalue weighted by molar-refractivity contribution is -0.138. The highest BCUT2D eigenvalue weighted by molar-refractivity contribution is 6.31. The van der Waals surface area contributed by atoms with Crippen LogP contribution in [0.5, 0.6) is 11.5 Å². The van der Waals surface area contributed by atoms with Crippen LogP contribution in [-0.4, -0.2) is 24.2 Å². The van der Waals surface area contributed by atoms with E-state index >= 15 is 0 Å². The Morgan fingerprint density at radius 2 is 1.90 bits per heavy atom. The quantitative estimate of drug-likeness (QED) is 0.905. The van der Waals surface area contributed by atoms with Crippen molar-refractivity contribution < 1.29 is 14.6 Å². The molecule has 0 saturated heterocycles. The highest BCUT2D eigenvalue weighted by Crippen LogP contribution is 2.35. The summed E-state index contributed by atoms with van der Waals surface area (Å²) in [5.74, 6) is 0.321. The van der Waals surface area contributed by atoms with Crippen LogP contribution in [0.4, 0.5) is 5.69 Å². The molecular weight excluding hydrogens is 290 g/mol. The second kappa shape index (κ2) is 6.50. The molecule has 110 valence electrons. The van der Waals surface area contributed by atoms with Gasteiger partial charge in [-0.25, -0.2) is 4.79 Å². The molecule has 0 aliphatic heterocycles. The lowest BCUT2D eigenvalue weighted by atomic mass is 10.2. The fraction of sp³-hybridized carbons (Fsp3) is 0.188. The van der Waals surface area contributed by atoms with Gasteiger partial charge in [-0.1, -0.05) is 29.8 Å². The molecule has 21 heavy (non-hydrogen) atoms. The number of hydrogen-bond donors (Lipinski definition) is 1. The molecule has 0 aliphatic carbocycles. The summed E-state index contributed by atoms with van der Waals surface area (Å²) in [6.45, 7) is 1.61. The van der Waals surface area contributed by atoms with E-state index in [4.69, 9.17) is 21.4 Å². The first-order chi connectivity index (χ1) is 9.99. The standard InChI is InChI=1S/C16H16ClNO3/c1-11(16(19)20)18(2)14-10-12(17)8-9-15(14)21-13-6-4-3-5-7-13/h3-11H,1-2H3,(H,19,20). The average molecular weight is 306 g/mol. The molecule has 0 amide bonds. The number of aliphatic carboxylic acids is 1. The molecule has 0 spiro atoms. The van der Waals surface area contributed by atoms with E-state index in [0.29, 0.717) is 22.2 Å². The number of anilines is 1. The van der Waals surface area contributed by atoms with Gasteiger partial charge in [0.1, 0.15) is 11.8 Å². The van der Waals surface area contributed by atoms with E-state index < -0.39 is 12.0 Å². The van der Waals surface area contributed by atoms with Gasteiger partial charge in [0, 0.05) is 12.1 Å². The monoisotopic (exact) mass is 305 g/mol. The Hall–Kier alpha value is -2.20. The van der Waals surface area contributed by atoms with Gasteiger partial charge in [-0.15, -0.1) is 0 Å². The van der Waals surface area contributed by atoms with Crippen molar-refractivity contribution in [2.45, 2.75) is 13.0 Å². The smallest absolute Gasteiger partial charge is 0.326 e. The molecule has 4 nitrogen and oxygen atoms in total. The molecule has 0 aliphatic rings. The summed E-state index contributed by atoms with van der Waals surface area (Å²) in [5, 5.41) is 9.67. The molecule has 1 N–H and O–H groups in total. The van der Waals surface area contributed by atoms with Crippen molar-refractivity contribution in [3.05, 3.63) is 53.6 Å². The predicted molar refractivity (Wildman–Crippen MR) is 83.5 cm³/mol. The van der Waals surface area contributed by atoms with Crippen LogP contribution in [0.25, 0.3) is 0 Å². The largest absolute Gasteiger partial charge is 0.480 e. The molecule has 1 unspecified atom stereocenters. The SMILES string of the molecule is CC(C(=O)O)N(C)c1cc(Cl)ccc1Oc1ccccc1. The van der Waals surface area contributed by atoms with Crippen LogP contribution in [0.15, 0.2) is 48.5 Å². The van der Waals surface area contributed by atoms with Gasteiger partial charge in [-0.3, -0.25) is 0 Å². The minimum atomic E-state index is -0.914. The van der Waals surface area contributed by atoms with Gasteiger partial charge in [0.15, 0.2) is 5.75 Å². The third kappa shape index (κ3) is 3.67. The normalized spacial score (nSPS) is 11.8. The molecule has 0 radical (unpaired) electrons. The predicted octanol–water partition coefficient (Wildman–Crippen LogP) is 4.04. The van der Waals surface area contributed by atoms with Gasteiger partial charge in [0.2, 0.25) is 0 Å². The summed E-state index contributed by atoms with van der Waals surface area (Å²) < 4.78 is 5.82.